The molecule has 1 aliphatic rings. The molecule has 1 aromatic heterocycles. The Hall–Kier alpha value is -1.43. The standard InChI is InChI=1S/C13H23N5O/c1-9(2)11-14-12(17(4)5)16-13(15-11)18-6-7-19-8-10(18)3/h9-10H,6-8H2,1-5H3. The van der Waals surface area contributed by atoms with Crippen molar-refractivity contribution in [1.29, 1.82) is 0 Å². The van der Waals surface area contributed by atoms with Crippen LogP contribution in [0.15, 0.2) is 0 Å². The Balaban J connectivity index is 2.37. The number of aromatic nitrogens is 3. The maximum Gasteiger partial charge on any atom is 0.230 e. The number of rotatable bonds is 3. The molecule has 0 N–H and O–H groups in total. The normalized spacial score (nSPS) is 19.9. The second-order valence-corrected chi connectivity index (χ2v) is 5.46. The summed E-state index contributed by atoms with van der Waals surface area (Å²) >= 11 is 0. The van der Waals surface area contributed by atoms with E-state index in [1.807, 2.05) is 19.0 Å². The van der Waals surface area contributed by atoms with Gasteiger partial charge in [-0.2, -0.15) is 15.0 Å². The van der Waals surface area contributed by atoms with Gasteiger partial charge in [-0.15, -0.1) is 0 Å². The zero-order chi connectivity index (χ0) is 14.0. The first kappa shape index (κ1) is 14.0. The van der Waals surface area contributed by atoms with Crippen LogP contribution in [0.4, 0.5) is 11.9 Å². The highest BCUT2D eigenvalue weighted by Crippen LogP contribution is 2.20. The van der Waals surface area contributed by atoms with Crippen molar-refractivity contribution in [2.24, 2.45) is 0 Å². The summed E-state index contributed by atoms with van der Waals surface area (Å²) in [6, 6.07) is 0.297. The van der Waals surface area contributed by atoms with E-state index >= 15 is 0 Å². The van der Waals surface area contributed by atoms with Gasteiger partial charge in [0.2, 0.25) is 11.9 Å². The van der Waals surface area contributed by atoms with Crippen LogP contribution < -0.4 is 9.80 Å². The molecule has 0 bridgehead atoms. The van der Waals surface area contributed by atoms with Gasteiger partial charge in [0.05, 0.1) is 19.3 Å². The van der Waals surface area contributed by atoms with E-state index in [2.05, 4.69) is 40.6 Å². The lowest BCUT2D eigenvalue weighted by Crippen LogP contribution is -2.45. The molecule has 1 aromatic rings. The molecule has 1 saturated heterocycles. The molecule has 1 fully saturated rings. The molecule has 2 rings (SSSR count). The van der Waals surface area contributed by atoms with Gasteiger partial charge in [-0.3, -0.25) is 0 Å². The smallest absolute Gasteiger partial charge is 0.230 e. The van der Waals surface area contributed by atoms with Crippen LogP contribution in [0.2, 0.25) is 0 Å². The Bertz CT molecular complexity index is 409. The van der Waals surface area contributed by atoms with Gasteiger partial charge >= 0.3 is 0 Å². The zero-order valence-electron chi connectivity index (χ0n) is 12.4. The average Bonchev–Trinajstić information content (AvgIpc) is 2.38. The van der Waals surface area contributed by atoms with Gasteiger partial charge in [-0.05, 0) is 6.92 Å². The van der Waals surface area contributed by atoms with Gasteiger partial charge in [0.1, 0.15) is 5.82 Å². The predicted molar refractivity (Wildman–Crippen MR) is 75.9 cm³/mol. The van der Waals surface area contributed by atoms with Gasteiger partial charge in [0.25, 0.3) is 0 Å². The summed E-state index contributed by atoms with van der Waals surface area (Å²) in [6.45, 7) is 8.61. The van der Waals surface area contributed by atoms with Gasteiger partial charge in [-0.25, -0.2) is 0 Å². The molecule has 6 heteroatoms. The molecule has 0 aliphatic carbocycles. The summed E-state index contributed by atoms with van der Waals surface area (Å²) in [7, 11) is 3.90. The molecule has 0 aromatic carbocycles. The molecular formula is C13H23N5O. The minimum atomic E-state index is 0.289. The van der Waals surface area contributed by atoms with Gasteiger partial charge in [0.15, 0.2) is 0 Å². The molecule has 0 saturated carbocycles. The Kier molecular flexibility index (Phi) is 4.19. The highest BCUT2D eigenvalue weighted by molar-refractivity contribution is 5.39. The third-order valence-electron chi connectivity index (χ3n) is 3.17. The number of morpholine rings is 1. The largest absolute Gasteiger partial charge is 0.377 e. The minimum absolute atomic E-state index is 0.289. The summed E-state index contributed by atoms with van der Waals surface area (Å²) in [5.41, 5.74) is 0. The third kappa shape index (κ3) is 3.12. The van der Waals surface area contributed by atoms with Crippen molar-refractivity contribution in [3.63, 3.8) is 0 Å². The van der Waals surface area contributed by atoms with E-state index in [-0.39, 0.29) is 5.92 Å². The second-order valence-electron chi connectivity index (χ2n) is 5.46. The van der Waals surface area contributed by atoms with Crippen LogP contribution >= 0.6 is 0 Å². The Morgan fingerprint density at radius 1 is 1.26 bits per heavy atom. The van der Waals surface area contributed by atoms with Crippen LogP contribution in [0, 0.1) is 0 Å². The molecule has 1 aliphatic heterocycles. The van der Waals surface area contributed by atoms with Gasteiger partial charge < -0.3 is 14.5 Å². The predicted octanol–water partition coefficient (Wildman–Crippen LogP) is 1.29. The number of hydrogen-bond donors (Lipinski definition) is 0. The van der Waals surface area contributed by atoms with Crippen LogP contribution in [0.25, 0.3) is 0 Å². The summed E-state index contributed by atoms with van der Waals surface area (Å²) in [5.74, 6) is 2.61. The highest BCUT2D eigenvalue weighted by Gasteiger charge is 2.23. The number of nitrogens with zero attached hydrogens (tertiary/aromatic N) is 5. The maximum atomic E-state index is 5.47. The van der Waals surface area contributed by atoms with E-state index in [1.54, 1.807) is 0 Å². The first-order valence-electron chi connectivity index (χ1n) is 6.76. The van der Waals surface area contributed by atoms with Crippen molar-refractivity contribution in [1.82, 2.24) is 15.0 Å². The lowest BCUT2D eigenvalue weighted by molar-refractivity contribution is 0.0980. The summed E-state index contributed by atoms with van der Waals surface area (Å²) < 4.78 is 5.47. The summed E-state index contributed by atoms with van der Waals surface area (Å²) in [5, 5.41) is 0. The Morgan fingerprint density at radius 2 is 2.00 bits per heavy atom. The first-order chi connectivity index (χ1) is 8.99. The number of ether oxygens (including phenoxy) is 1. The molecule has 1 atom stereocenters. The van der Waals surface area contributed by atoms with E-state index in [1.165, 1.54) is 0 Å². The van der Waals surface area contributed by atoms with Crippen LogP contribution in [0.3, 0.4) is 0 Å². The molecule has 2 heterocycles. The van der Waals surface area contributed by atoms with Crippen molar-refractivity contribution in [2.45, 2.75) is 32.7 Å². The van der Waals surface area contributed by atoms with E-state index in [9.17, 15) is 0 Å². The minimum Gasteiger partial charge on any atom is -0.377 e. The van der Waals surface area contributed by atoms with Crippen molar-refractivity contribution < 1.29 is 4.74 Å². The Labute approximate surface area is 114 Å². The SMILES string of the molecule is CC(C)c1nc(N(C)C)nc(N2CCOCC2C)n1. The van der Waals surface area contributed by atoms with Crippen molar-refractivity contribution >= 4 is 11.9 Å². The van der Waals surface area contributed by atoms with E-state index in [4.69, 9.17) is 4.74 Å². The van der Waals surface area contributed by atoms with Crippen molar-refractivity contribution in [3.05, 3.63) is 5.82 Å². The van der Waals surface area contributed by atoms with E-state index in [0.717, 1.165) is 31.5 Å². The van der Waals surface area contributed by atoms with Crippen LogP contribution in [-0.4, -0.2) is 54.8 Å². The fourth-order valence-corrected chi connectivity index (χ4v) is 1.98. The van der Waals surface area contributed by atoms with Crippen molar-refractivity contribution in [3.8, 4) is 0 Å². The molecule has 106 valence electrons. The number of hydrogen-bond acceptors (Lipinski definition) is 6. The van der Waals surface area contributed by atoms with Crippen LogP contribution in [0.1, 0.15) is 32.5 Å². The van der Waals surface area contributed by atoms with E-state index < -0.39 is 0 Å². The van der Waals surface area contributed by atoms with Crippen LogP contribution in [0.5, 0.6) is 0 Å². The van der Waals surface area contributed by atoms with Gasteiger partial charge in [-0.1, -0.05) is 13.8 Å². The summed E-state index contributed by atoms with van der Waals surface area (Å²) in [6.07, 6.45) is 0. The van der Waals surface area contributed by atoms with Gasteiger partial charge in [0, 0.05) is 26.6 Å². The quantitative estimate of drug-likeness (QED) is 0.821. The maximum absolute atomic E-state index is 5.47. The fourth-order valence-electron chi connectivity index (χ4n) is 1.98. The number of anilines is 2. The second kappa shape index (κ2) is 5.69. The van der Waals surface area contributed by atoms with Crippen molar-refractivity contribution in [2.75, 3.05) is 43.7 Å². The molecule has 0 spiro atoms. The molecular weight excluding hydrogens is 242 g/mol. The lowest BCUT2D eigenvalue weighted by Gasteiger charge is -2.33. The first-order valence-corrected chi connectivity index (χ1v) is 6.76. The zero-order valence-corrected chi connectivity index (χ0v) is 12.4. The topological polar surface area (TPSA) is 54.4 Å². The average molecular weight is 265 g/mol. The molecule has 6 nitrogen and oxygen atoms in total. The molecule has 1 unspecified atom stereocenters. The fraction of sp³-hybridized carbons (Fsp3) is 0.769. The molecule has 0 amide bonds. The van der Waals surface area contributed by atoms with E-state index in [0.29, 0.717) is 12.0 Å². The summed E-state index contributed by atoms with van der Waals surface area (Å²) in [4.78, 5) is 17.8. The monoisotopic (exact) mass is 265 g/mol. The highest BCUT2D eigenvalue weighted by atomic mass is 16.5. The Morgan fingerprint density at radius 3 is 2.58 bits per heavy atom. The molecule has 0 radical (unpaired) electrons. The molecule has 19 heavy (non-hydrogen) atoms. The lowest BCUT2D eigenvalue weighted by atomic mass is 10.2. The third-order valence-corrected chi connectivity index (χ3v) is 3.17. The van der Waals surface area contributed by atoms with Crippen LogP contribution in [-0.2, 0) is 4.74 Å².